The Labute approximate surface area is 131 Å². The molecule has 0 unspecified atom stereocenters. The molecule has 1 fully saturated rings. The summed E-state index contributed by atoms with van der Waals surface area (Å²) in [6, 6.07) is 5.04. The molecular weight excluding hydrogens is 308 g/mol. The van der Waals surface area contributed by atoms with Crippen molar-refractivity contribution >= 4 is 21.6 Å². The van der Waals surface area contributed by atoms with Crippen molar-refractivity contribution < 1.29 is 8.42 Å². The summed E-state index contributed by atoms with van der Waals surface area (Å²) in [5.41, 5.74) is 0.868. The van der Waals surface area contributed by atoms with Crippen LogP contribution >= 0.6 is 11.6 Å². The molecular formula is C15H19ClN2O2S. The van der Waals surface area contributed by atoms with Gasteiger partial charge in [0, 0.05) is 13.1 Å². The molecule has 0 radical (unpaired) electrons. The van der Waals surface area contributed by atoms with Gasteiger partial charge in [0.1, 0.15) is 4.90 Å². The van der Waals surface area contributed by atoms with Crippen LogP contribution in [0.5, 0.6) is 0 Å². The van der Waals surface area contributed by atoms with Crippen LogP contribution in [0.25, 0.3) is 0 Å². The first-order valence-electron chi connectivity index (χ1n) is 6.85. The molecule has 0 atom stereocenters. The van der Waals surface area contributed by atoms with Crippen molar-refractivity contribution in [1.29, 1.82) is 0 Å². The molecule has 1 aliphatic rings. The summed E-state index contributed by atoms with van der Waals surface area (Å²) >= 11 is 6.10. The highest BCUT2D eigenvalue weighted by molar-refractivity contribution is 7.89. The summed E-state index contributed by atoms with van der Waals surface area (Å²) in [6.45, 7) is 1.13. The zero-order chi connectivity index (χ0) is 15.5. The molecule has 114 valence electrons. The van der Waals surface area contributed by atoms with Crippen molar-refractivity contribution in [3.63, 3.8) is 0 Å². The lowest BCUT2D eigenvalue weighted by molar-refractivity contribution is 0.430. The van der Waals surface area contributed by atoms with Gasteiger partial charge in [-0.25, -0.2) is 8.42 Å². The van der Waals surface area contributed by atoms with Crippen LogP contribution in [0, 0.1) is 18.3 Å². The van der Waals surface area contributed by atoms with E-state index in [4.69, 9.17) is 18.0 Å². The van der Waals surface area contributed by atoms with Crippen molar-refractivity contribution in [2.45, 2.75) is 24.3 Å². The summed E-state index contributed by atoms with van der Waals surface area (Å²) in [7, 11) is -1.85. The minimum Gasteiger partial charge on any atom is -0.316 e. The van der Waals surface area contributed by atoms with Crippen LogP contribution in [0.15, 0.2) is 23.1 Å². The third-order valence-corrected chi connectivity index (χ3v) is 5.71. The van der Waals surface area contributed by atoms with E-state index in [1.165, 1.54) is 4.31 Å². The molecule has 4 nitrogen and oxygen atoms in total. The Balaban J connectivity index is 2.35. The minimum absolute atomic E-state index is 0.0748. The molecule has 1 aliphatic carbocycles. The lowest BCUT2D eigenvalue weighted by Gasteiger charge is -2.21. The smallest absolute Gasteiger partial charge is 0.245 e. The highest BCUT2D eigenvalue weighted by Gasteiger charge is 2.32. The van der Waals surface area contributed by atoms with E-state index >= 15 is 0 Å². The fourth-order valence-corrected chi connectivity index (χ4v) is 4.09. The van der Waals surface area contributed by atoms with Gasteiger partial charge in [0.2, 0.25) is 10.0 Å². The molecule has 0 heterocycles. The van der Waals surface area contributed by atoms with Crippen LogP contribution in [-0.2, 0) is 16.6 Å². The molecule has 0 spiro atoms. The molecule has 21 heavy (non-hydrogen) atoms. The van der Waals surface area contributed by atoms with Gasteiger partial charge in [-0.2, -0.15) is 4.31 Å². The summed E-state index contributed by atoms with van der Waals surface area (Å²) < 4.78 is 26.9. The first-order chi connectivity index (χ1) is 9.98. The number of hydrogen-bond acceptors (Lipinski definition) is 3. The average molecular weight is 327 g/mol. The van der Waals surface area contributed by atoms with Gasteiger partial charge in [-0.15, -0.1) is 6.42 Å². The van der Waals surface area contributed by atoms with E-state index in [2.05, 4.69) is 11.2 Å². The van der Waals surface area contributed by atoms with E-state index in [0.29, 0.717) is 19.0 Å². The van der Waals surface area contributed by atoms with Crippen LogP contribution in [-0.4, -0.2) is 32.9 Å². The molecule has 0 bridgehead atoms. The van der Waals surface area contributed by atoms with Crippen LogP contribution in [0.3, 0.4) is 0 Å². The number of terminal acetylenes is 1. The standard InChI is InChI=1S/C15H19ClN2O2S/c1-3-8-18(11-12-4-5-12)21(19,20)15-9-13(10-17-2)6-7-14(15)16/h1,6-7,9,12,17H,4-5,8,10-11H2,2H3. The lowest BCUT2D eigenvalue weighted by atomic mass is 10.2. The van der Waals surface area contributed by atoms with Crippen molar-refractivity contribution in [1.82, 2.24) is 9.62 Å². The monoisotopic (exact) mass is 326 g/mol. The maximum Gasteiger partial charge on any atom is 0.245 e. The maximum absolute atomic E-state index is 12.8. The highest BCUT2D eigenvalue weighted by Crippen LogP contribution is 2.33. The quantitative estimate of drug-likeness (QED) is 0.781. The Hall–Kier alpha value is -1.06. The fourth-order valence-electron chi connectivity index (χ4n) is 2.14. The first kappa shape index (κ1) is 16.3. The molecule has 0 aliphatic heterocycles. The van der Waals surface area contributed by atoms with Gasteiger partial charge >= 0.3 is 0 Å². The molecule has 1 aromatic rings. The largest absolute Gasteiger partial charge is 0.316 e. The molecule has 0 amide bonds. The SMILES string of the molecule is C#CCN(CC1CC1)S(=O)(=O)c1cc(CNC)ccc1Cl. The number of nitrogens with one attached hydrogen (secondary N) is 1. The van der Waals surface area contributed by atoms with Crippen LogP contribution in [0.4, 0.5) is 0 Å². The maximum atomic E-state index is 12.8. The zero-order valence-corrected chi connectivity index (χ0v) is 13.5. The summed E-state index contributed by atoms with van der Waals surface area (Å²) in [4.78, 5) is 0.132. The van der Waals surface area contributed by atoms with Gasteiger partial charge in [-0.05, 0) is 43.5 Å². The van der Waals surface area contributed by atoms with Crippen LogP contribution < -0.4 is 5.32 Å². The van der Waals surface area contributed by atoms with E-state index in [9.17, 15) is 8.42 Å². The van der Waals surface area contributed by atoms with Crippen LogP contribution in [0.1, 0.15) is 18.4 Å². The van der Waals surface area contributed by atoms with E-state index in [1.54, 1.807) is 19.2 Å². The number of halogens is 1. The van der Waals surface area contributed by atoms with Gasteiger partial charge in [-0.3, -0.25) is 0 Å². The summed E-state index contributed by atoms with van der Waals surface area (Å²) in [5.74, 6) is 2.85. The van der Waals surface area contributed by atoms with Gasteiger partial charge in [-0.1, -0.05) is 23.6 Å². The fraction of sp³-hybridized carbons (Fsp3) is 0.467. The third-order valence-electron chi connectivity index (χ3n) is 3.42. The molecule has 0 aromatic heterocycles. The molecule has 0 saturated heterocycles. The predicted molar refractivity (Wildman–Crippen MR) is 84.5 cm³/mol. The molecule has 6 heteroatoms. The minimum atomic E-state index is -3.66. The van der Waals surface area contributed by atoms with E-state index < -0.39 is 10.0 Å². The second-order valence-electron chi connectivity index (χ2n) is 5.24. The zero-order valence-electron chi connectivity index (χ0n) is 12.0. The number of sulfonamides is 1. The topological polar surface area (TPSA) is 49.4 Å². The third kappa shape index (κ3) is 3.98. The highest BCUT2D eigenvalue weighted by atomic mass is 35.5. The number of hydrogen-bond donors (Lipinski definition) is 1. The number of nitrogens with zero attached hydrogens (tertiary/aromatic N) is 1. The van der Waals surface area contributed by atoms with Gasteiger partial charge in [0.05, 0.1) is 11.6 Å². The Kier molecular flexibility index (Phi) is 5.28. The average Bonchev–Trinajstić information content (AvgIpc) is 3.24. The Morgan fingerprint density at radius 2 is 2.19 bits per heavy atom. The molecule has 2 rings (SSSR count). The van der Waals surface area contributed by atoms with Crippen molar-refractivity contribution in [3.05, 3.63) is 28.8 Å². The second-order valence-corrected chi connectivity index (χ2v) is 7.55. The van der Waals surface area contributed by atoms with Gasteiger partial charge in [0.15, 0.2) is 0 Å². The predicted octanol–water partition coefficient (Wildman–Crippen LogP) is 2.09. The van der Waals surface area contributed by atoms with Gasteiger partial charge < -0.3 is 5.32 Å². The first-order valence-corrected chi connectivity index (χ1v) is 8.67. The van der Waals surface area contributed by atoms with Crippen LogP contribution in [0.2, 0.25) is 5.02 Å². The number of benzene rings is 1. The summed E-state index contributed by atoms with van der Waals surface area (Å²) in [6.07, 6.45) is 7.44. The van der Waals surface area contributed by atoms with E-state index in [-0.39, 0.29) is 16.5 Å². The van der Waals surface area contributed by atoms with Crippen molar-refractivity contribution in [3.8, 4) is 12.3 Å². The van der Waals surface area contributed by atoms with Crippen molar-refractivity contribution in [2.75, 3.05) is 20.1 Å². The molecule has 1 aromatic carbocycles. The normalized spacial score (nSPS) is 15.1. The van der Waals surface area contributed by atoms with Gasteiger partial charge in [0.25, 0.3) is 0 Å². The Bertz CT molecular complexity index is 648. The molecule has 1 saturated carbocycles. The number of rotatable bonds is 7. The van der Waals surface area contributed by atoms with E-state index in [1.807, 2.05) is 6.07 Å². The lowest BCUT2D eigenvalue weighted by Crippen LogP contribution is -2.33. The Morgan fingerprint density at radius 3 is 2.76 bits per heavy atom. The van der Waals surface area contributed by atoms with Crippen molar-refractivity contribution in [2.24, 2.45) is 5.92 Å². The second kappa shape index (κ2) is 6.80. The van der Waals surface area contributed by atoms with E-state index in [0.717, 1.165) is 18.4 Å². The summed E-state index contributed by atoms with van der Waals surface area (Å²) in [5, 5.41) is 3.22. The molecule has 1 N–H and O–H groups in total. The Morgan fingerprint density at radius 1 is 1.48 bits per heavy atom.